The molecule has 0 aromatic rings. The molecule has 2 atom stereocenters. The summed E-state index contributed by atoms with van der Waals surface area (Å²) in [6.45, 7) is 0. The fourth-order valence-electron chi connectivity index (χ4n) is 0.961. The number of nitrogens with one attached hydrogen (secondary N) is 1. The number of rotatable bonds is 7. The van der Waals surface area contributed by atoms with E-state index in [1.165, 1.54) is 0 Å². The first-order valence-corrected chi connectivity index (χ1v) is 4.53. The van der Waals surface area contributed by atoms with E-state index in [4.69, 9.17) is 21.7 Å². The minimum atomic E-state index is -1.51. The van der Waals surface area contributed by atoms with Crippen LogP contribution in [-0.4, -0.2) is 46.0 Å². The van der Waals surface area contributed by atoms with Crippen LogP contribution in [0.2, 0.25) is 0 Å². The Hall–Kier alpha value is -2.16. The number of carbonyl (C=O) groups excluding carboxylic acids is 2. The van der Waals surface area contributed by atoms with E-state index in [1.54, 1.807) is 0 Å². The average molecular weight is 247 g/mol. The van der Waals surface area contributed by atoms with Crippen molar-refractivity contribution in [2.75, 3.05) is 0 Å². The highest BCUT2D eigenvalue weighted by molar-refractivity contribution is 5.91. The lowest BCUT2D eigenvalue weighted by atomic mass is 10.1. The highest BCUT2D eigenvalue weighted by Gasteiger charge is 2.25. The Kier molecular flexibility index (Phi) is 5.61. The number of hydrogen-bond acceptors (Lipinski definition) is 5. The second-order valence-corrected chi connectivity index (χ2v) is 3.27. The topological polar surface area (TPSA) is 173 Å². The highest BCUT2D eigenvalue weighted by atomic mass is 16.4. The predicted octanol–water partition coefficient (Wildman–Crippen LogP) is -2.77. The van der Waals surface area contributed by atoms with Crippen LogP contribution in [0.5, 0.6) is 0 Å². The van der Waals surface area contributed by atoms with Crippen LogP contribution in [0.25, 0.3) is 0 Å². The molecule has 9 nitrogen and oxygen atoms in total. The van der Waals surface area contributed by atoms with Gasteiger partial charge in [0.15, 0.2) is 0 Å². The molecule has 0 saturated carbocycles. The summed E-state index contributed by atoms with van der Waals surface area (Å²) in [5.41, 5.74) is 9.98. The maximum Gasteiger partial charge on any atom is 0.326 e. The number of nitrogens with two attached hydrogens (primary N) is 2. The van der Waals surface area contributed by atoms with E-state index >= 15 is 0 Å². The molecule has 0 aromatic heterocycles. The van der Waals surface area contributed by atoms with Crippen molar-refractivity contribution in [3.05, 3.63) is 0 Å². The summed E-state index contributed by atoms with van der Waals surface area (Å²) in [6, 6.07) is -2.90. The molecule has 96 valence electrons. The van der Waals surface area contributed by atoms with Gasteiger partial charge in [-0.1, -0.05) is 0 Å². The smallest absolute Gasteiger partial charge is 0.326 e. The summed E-state index contributed by atoms with van der Waals surface area (Å²) >= 11 is 0. The van der Waals surface area contributed by atoms with Gasteiger partial charge in [0.1, 0.15) is 6.04 Å². The van der Waals surface area contributed by atoms with Gasteiger partial charge in [-0.05, 0) is 0 Å². The Morgan fingerprint density at radius 2 is 1.65 bits per heavy atom. The monoisotopic (exact) mass is 247 g/mol. The third-order valence-electron chi connectivity index (χ3n) is 1.75. The van der Waals surface area contributed by atoms with Gasteiger partial charge in [-0.15, -0.1) is 0 Å². The van der Waals surface area contributed by atoms with Gasteiger partial charge >= 0.3 is 11.9 Å². The molecule has 0 radical (unpaired) electrons. The Morgan fingerprint density at radius 1 is 1.12 bits per heavy atom. The lowest BCUT2D eigenvalue weighted by Crippen LogP contribution is -2.50. The van der Waals surface area contributed by atoms with Gasteiger partial charge in [-0.25, -0.2) is 4.79 Å². The maximum absolute atomic E-state index is 11.3. The zero-order valence-corrected chi connectivity index (χ0v) is 8.75. The second-order valence-electron chi connectivity index (χ2n) is 3.27. The number of carboxylic acids is 2. The van der Waals surface area contributed by atoms with Gasteiger partial charge in [0.25, 0.3) is 0 Å². The van der Waals surface area contributed by atoms with Crippen LogP contribution in [0.3, 0.4) is 0 Å². The molecular weight excluding hydrogens is 234 g/mol. The van der Waals surface area contributed by atoms with Crippen LogP contribution in [0.1, 0.15) is 12.8 Å². The molecule has 0 aliphatic carbocycles. The van der Waals surface area contributed by atoms with Crippen LogP contribution in [-0.2, 0) is 19.2 Å². The van der Waals surface area contributed by atoms with Crippen LogP contribution >= 0.6 is 0 Å². The average Bonchev–Trinajstić information content (AvgIpc) is 2.14. The second kappa shape index (κ2) is 6.43. The standard InChI is InChI=1S/C8H13N3O6/c9-3(1-6(13)14)7(15)11-4(8(16)17)2-5(10)12/h3-4H,1-2,9H2,(H2,10,12)(H,11,15)(H,13,14)(H,16,17)/t3?,4-/m1/s1. The van der Waals surface area contributed by atoms with E-state index in [2.05, 4.69) is 0 Å². The predicted molar refractivity (Wildman–Crippen MR) is 53.6 cm³/mol. The van der Waals surface area contributed by atoms with Gasteiger partial charge < -0.3 is 27.0 Å². The first-order valence-electron chi connectivity index (χ1n) is 4.53. The molecule has 7 N–H and O–H groups in total. The van der Waals surface area contributed by atoms with Gasteiger partial charge in [0.05, 0.1) is 18.9 Å². The van der Waals surface area contributed by atoms with Crippen LogP contribution < -0.4 is 16.8 Å². The quantitative estimate of drug-likeness (QED) is 0.323. The third-order valence-corrected chi connectivity index (χ3v) is 1.75. The normalized spacial score (nSPS) is 13.5. The fourth-order valence-corrected chi connectivity index (χ4v) is 0.961. The molecule has 0 aliphatic heterocycles. The zero-order chi connectivity index (χ0) is 13.6. The van der Waals surface area contributed by atoms with E-state index in [0.717, 1.165) is 0 Å². The molecule has 0 fully saturated rings. The van der Waals surface area contributed by atoms with Gasteiger partial charge in [0.2, 0.25) is 11.8 Å². The van der Waals surface area contributed by atoms with Gasteiger partial charge in [0, 0.05) is 0 Å². The molecule has 0 rings (SSSR count). The summed E-state index contributed by atoms with van der Waals surface area (Å²) in [4.78, 5) is 42.7. The Balaban J connectivity index is 4.44. The van der Waals surface area contributed by atoms with Gasteiger partial charge in [-0.3, -0.25) is 14.4 Å². The lowest BCUT2D eigenvalue weighted by molar-refractivity contribution is -0.144. The molecule has 0 aromatic carbocycles. The summed E-state index contributed by atoms with van der Waals surface area (Å²) in [5.74, 6) is -4.64. The number of hydrogen-bond donors (Lipinski definition) is 5. The highest BCUT2D eigenvalue weighted by Crippen LogP contribution is 1.95. The molecular formula is C8H13N3O6. The molecule has 1 unspecified atom stereocenters. The van der Waals surface area contributed by atoms with Crippen molar-refractivity contribution in [1.29, 1.82) is 0 Å². The van der Waals surface area contributed by atoms with Crippen LogP contribution in [0.4, 0.5) is 0 Å². The third kappa shape index (κ3) is 6.10. The van der Waals surface area contributed by atoms with Crippen molar-refractivity contribution < 1.29 is 29.4 Å². The van der Waals surface area contributed by atoms with Crippen LogP contribution in [0, 0.1) is 0 Å². The Morgan fingerprint density at radius 3 is 2.00 bits per heavy atom. The Labute approximate surface area is 95.8 Å². The number of primary amides is 1. The van der Waals surface area contributed by atoms with Crippen molar-refractivity contribution in [1.82, 2.24) is 5.32 Å². The molecule has 17 heavy (non-hydrogen) atoms. The maximum atomic E-state index is 11.3. The van der Waals surface area contributed by atoms with Crippen molar-refractivity contribution >= 4 is 23.8 Å². The van der Waals surface area contributed by atoms with Crippen molar-refractivity contribution in [3.8, 4) is 0 Å². The van der Waals surface area contributed by atoms with Crippen molar-refractivity contribution in [2.45, 2.75) is 24.9 Å². The fraction of sp³-hybridized carbons (Fsp3) is 0.500. The van der Waals surface area contributed by atoms with E-state index in [0.29, 0.717) is 0 Å². The van der Waals surface area contributed by atoms with Crippen molar-refractivity contribution in [3.63, 3.8) is 0 Å². The molecule has 0 heterocycles. The van der Waals surface area contributed by atoms with E-state index in [-0.39, 0.29) is 0 Å². The van der Waals surface area contributed by atoms with E-state index in [1.807, 2.05) is 5.32 Å². The van der Waals surface area contributed by atoms with Crippen LogP contribution in [0.15, 0.2) is 0 Å². The SMILES string of the molecule is NC(=O)C[C@@H](NC(=O)C(N)CC(=O)O)C(=O)O. The molecule has 2 amide bonds. The number of amides is 2. The first kappa shape index (κ1) is 14.8. The summed E-state index contributed by atoms with van der Waals surface area (Å²) < 4.78 is 0. The zero-order valence-electron chi connectivity index (χ0n) is 8.75. The summed E-state index contributed by atoms with van der Waals surface area (Å²) in [5, 5.41) is 19.0. The Bertz CT molecular complexity index is 342. The first-order chi connectivity index (χ1) is 7.73. The van der Waals surface area contributed by atoms with Crippen molar-refractivity contribution in [2.24, 2.45) is 11.5 Å². The summed E-state index contributed by atoms with van der Waals surface area (Å²) in [7, 11) is 0. The summed E-state index contributed by atoms with van der Waals surface area (Å²) in [6.07, 6.45) is -1.24. The van der Waals surface area contributed by atoms with Gasteiger partial charge in [-0.2, -0.15) is 0 Å². The minimum absolute atomic E-state index is 0.596. The number of carbonyl (C=O) groups is 4. The minimum Gasteiger partial charge on any atom is -0.481 e. The molecule has 0 spiro atoms. The lowest BCUT2D eigenvalue weighted by Gasteiger charge is -2.15. The molecule has 0 bridgehead atoms. The molecule has 0 saturated heterocycles. The molecule has 0 aliphatic rings. The van der Waals surface area contributed by atoms with E-state index in [9.17, 15) is 19.2 Å². The molecule has 9 heteroatoms. The number of carboxylic acid groups (broad SMARTS) is 2. The largest absolute Gasteiger partial charge is 0.481 e. The number of aliphatic carboxylic acids is 2. The van der Waals surface area contributed by atoms with E-state index < -0.39 is 48.7 Å².